The zero-order valence-electron chi connectivity index (χ0n) is 5.13. The first-order valence-electron chi connectivity index (χ1n) is 2.51. The Bertz CT molecular complexity index is 94.2. The molecule has 4 heteroatoms. The van der Waals surface area contributed by atoms with E-state index in [1.807, 2.05) is 22.6 Å². The molecule has 0 aromatic carbocycles. The number of hydrogen-bond acceptors (Lipinski definition) is 3. The first kappa shape index (κ1) is 9.16. The number of esters is 1. The van der Waals surface area contributed by atoms with Crippen LogP contribution in [0.1, 0.15) is 6.42 Å². The van der Waals surface area contributed by atoms with Crippen molar-refractivity contribution in [1.82, 2.24) is 0 Å². The van der Waals surface area contributed by atoms with Crippen LogP contribution in [0.2, 0.25) is 0 Å². The summed E-state index contributed by atoms with van der Waals surface area (Å²) in [4.78, 5) is 10.4. The van der Waals surface area contributed by atoms with Crippen LogP contribution in [0.4, 0.5) is 0 Å². The number of halogens is 1. The van der Waals surface area contributed by atoms with Gasteiger partial charge in [-0.2, -0.15) is 0 Å². The van der Waals surface area contributed by atoms with E-state index >= 15 is 0 Å². The van der Waals surface area contributed by atoms with Crippen LogP contribution in [0.3, 0.4) is 0 Å². The van der Waals surface area contributed by atoms with Gasteiger partial charge in [0.2, 0.25) is 0 Å². The summed E-state index contributed by atoms with van der Waals surface area (Å²) in [6.45, 7) is 0. The van der Waals surface area contributed by atoms with Gasteiger partial charge in [-0.05, 0) is 0 Å². The van der Waals surface area contributed by atoms with Crippen molar-refractivity contribution in [1.29, 1.82) is 0 Å². The van der Waals surface area contributed by atoms with Crippen LogP contribution in [-0.2, 0) is 9.53 Å². The van der Waals surface area contributed by atoms with Crippen molar-refractivity contribution in [3.05, 3.63) is 0 Å². The van der Waals surface area contributed by atoms with Gasteiger partial charge in [0.25, 0.3) is 0 Å². The largest absolute Gasteiger partial charge is 0.469 e. The molecule has 9 heavy (non-hydrogen) atoms. The van der Waals surface area contributed by atoms with Gasteiger partial charge < -0.3 is 9.84 Å². The van der Waals surface area contributed by atoms with Crippen LogP contribution in [-0.4, -0.2) is 28.7 Å². The highest BCUT2D eigenvalue weighted by molar-refractivity contribution is 14.1. The molecule has 0 spiro atoms. The van der Waals surface area contributed by atoms with Crippen molar-refractivity contribution in [3.8, 4) is 0 Å². The van der Waals surface area contributed by atoms with Crippen LogP contribution in [0.5, 0.6) is 0 Å². The minimum Gasteiger partial charge on any atom is -0.469 e. The van der Waals surface area contributed by atoms with E-state index < -0.39 is 6.10 Å². The van der Waals surface area contributed by atoms with Gasteiger partial charge in [0, 0.05) is 4.43 Å². The van der Waals surface area contributed by atoms with Gasteiger partial charge in [-0.25, -0.2) is 0 Å². The minimum absolute atomic E-state index is 0.0967. The lowest BCUT2D eigenvalue weighted by Gasteiger charge is -2.02. The van der Waals surface area contributed by atoms with Crippen molar-refractivity contribution in [3.63, 3.8) is 0 Å². The van der Waals surface area contributed by atoms with Crippen LogP contribution >= 0.6 is 22.6 Å². The lowest BCUT2D eigenvalue weighted by Crippen LogP contribution is -2.15. The molecule has 54 valence electrons. The number of alkyl halides is 1. The van der Waals surface area contributed by atoms with E-state index in [1.54, 1.807) is 0 Å². The highest BCUT2D eigenvalue weighted by Crippen LogP contribution is 1.97. The second-order valence-corrected chi connectivity index (χ2v) is 2.47. The molecule has 0 bridgehead atoms. The summed E-state index contributed by atoms with van der Waals surface area (Å²) in [5.41, 5.74) is 0. The maximum atomic E-state index is 10.4. The molecule has 0 heterocycles. The van der Waals surface area contributed by atoms with Crippen LogP contribution < -0.4 is 0 Å². The number of carbonyl (C=O) groups is 1. The summed E-state index contributed by atoms with van der Waals surface area (Å²) in [6, 6.07) is 0. The van der Waals surface area contributed by atoms with Crippen molar-refractivity contribution in [2.24, 2.45) is 0 Å². The van der Waals surface area contributed by atoms with E-state index in [4.69, 9.17) is 5.11 Å². The maximum absolute atomic E-state index is 10.4. The van der Waals surface area contributed by atoms with E-state index in [2.05, 4.69) is 4.74 Å². The summed E-state index contributed by atoms with van der Waals surface area (Å²) >= 11 is 2.01. The normalized spacial score (nSPS) is 12.8. The number of aliphatic hydroxyl groups is 1. The Balaban J connectivity index is 3.34. The number of ether oxygens (including phenoxy) is 1. The Labute approximate surface area is 67.5 Å². The monoisotopic (exact) mass is 244 g/mol. The average Bonchev–Trinajstić information content (AvgIpc) is 1.87. The SMILES string of the molecule is COC(=O)CC(O)CI. The van der Waals surface area contributed by atoms with Crippen LogP contribution in [0, 0.1) is 0 Å². The van der Waals surface area contributed by atoms with Crippen LogP contribution in [0.25, 0.3) is 0 Å². The zero-order chi connectivity index (χ0) is 7.28. The summed E-state index contributed by atoms with van der Waals surface area (Å²) in [5.74, 6) is -0.362. The Kier molecular flexibility index (Phi) is 5.07. The third kappa shape index (κ3) is 4.65. The summed E-state index contributed by atoms with van der Waals surface area (Å²) < 4.78 is 4.88. The quantitative estimate of drug-likeness (QED) is 0.442. The lowest BCUT2D eigenvalue weighted by molar-refractivity contribution is -0.142. The van der Waals surface area contributed by atoms with E-state index in [0.29, 0.717) is 4.43 Å². The molecule has 0 amide bonds. The summed E-state index contributed by atoms with van der Waals surface area (Å²) in [6.07, 6.45) is -0.461. The summed E-state index contributed by atoms with van der Waals surface area (Å²) in [5, 5.41) is 8.85. The topological polar surface area (TPSA) is 46.5 Å². The molecule has 0 rings (SSSR count). The number of rotatable bonds is 3. The minimum atomic E-state index is -0.557. The Hall–Kier alpha value is 0.160. The molecule has 0 saturated carbocycles. The standard InChI is InChI=1S/C5H9IO3/c1-9-5(8)2-4(7)3-6/h4,7H,2-3H2,1H3. The van der Waals surface area contributed by atoms with Gasteiger partial charge in [0.15, 0.2) is 0 Å². The van der Waals surface area contributed by atoms with Gasteiger partial charge in [-0.15, -0.1) is 0 Å². The number of carbonyl (C=O) groups excluding carboxylic acids is 1. The van der Waals surface area contributed by atoms with E-state index in [-0.39, 0.29) is 12.4 Å². The molecule has 0 aliphatic rings. The predicted octanol–water partition coefficient (Wildman–Crippen LogP) is 0.345. The van der Waals surface area contributed by atoms with E-state index in [9.17, 15) is 4.79 Å². The van der Waals surface area contributed by atoms with Gasteiger partial charge in [0.1, 0.15) is 0 Å². The first-order valence-corrected chi connectivity index (χ1v) is 4.04. The highest BCUT2D eigenvalue weighted by Gasteiger charge is 2.07. The molecule has 1 atom stereocenters. The Morgan fingerprint density at radius 3 is 2.78 bits per heavy atom. The number of aliphatic hydroxyl groups excluding tert-OH is 1. The molecular weight excluding hydrogens is 235 g/mol. The highest BCUT2D eigenvalue weighted by atomic mass is 127. The molecule has 1 N–H and O–H groups in total. The summed E-state index contributed by atoms with van der Waals surface area (Å²) in [7, 11) is 1.31. The van der Waals surface area contributed by atoms with Crippen molar-refractivity contribution >= 4 is 28.6 Å². The maximum Gasteiger partial charge on any atom is 0.308 e. The fourth-order valence-electron chi connectivity index (χ4n) is 0.330. The number of methoxy groups -OCH3 is 1. The van der Waals surface area contributed by atoms with Gasteiger partial charge in [-0.1, -0.05) is 22.6 Å². The predicted molar refractivity (Wildman–Crippen MR) is 41.5 cm³/mol. The molecule has 0 saturated heterocycles. The smallest absolute Gasteiger partial charge is 0.308 e. The molecule has 0 aliphatic heterocycles. The third-order valence-corrected chi connectivity index (χ3v) is 1.82. The Morgan fingerprint density at radius 2 is 2.44 bits per heavy atom. The van der Waals surface area contributed by atoms with Crippen molar-refractivity contribution < 1.29 is 14.6 Å². The second kappa shape index (κ2) is 4.99. The molecule has 1 unspecified atom stereocenters. The molecule has 0 aromatic heterocycles. The fourth-order valence-corrected chi connectivity index (χ4v) is 0.642. The molecule has 0 aromatic rings. The number of hydrogen-bond donors (Lipinski definition) is 1. The first-order chi connectivity index (χ1) is 4.20. The molecule has 0 fully saturated rings. The fraction of sp³-hybridized carbons (Fsp3) is 0.800. The van der Waals surface area contributed by atoms with Gasteiger partial charge in [-0.3, -0.25) is 4.79 Å². The van der Waals surface area contributed by atoms with Gasteiger partial charge >= 0.3 is 5.97 Å². The Morgan fingerprint density at radius 1 is 1.89 bits per heavy atom. The van der Waals surface area contributed by atoms with Gasteiger partial charge in [0.05, 0.1) is 19.6 Å². The zero-order valence-corrected chi connectivity index (χ0v) is 7.29. The molecular formula is C5H9IO3. The molecule has 0 aliphatic carbocycles. The van der Waals surface area contributed by atoms with E-state index in [0.717, 1.165) is 0 Å². The lowest BCUT2D eigenvalue weighted by atomic mass is 10.3. The van der Waals surface area contributed by atoms with Crippen molar-refractivity contribution in [2.75, 3.05) is 11.5 Å². The second-order valence-electron chi connectivity index (χ2n) is 1.59. The third-order valence-electron chi connectivity index (χ3n) is 0.808. The van der Waals surface area contributed by atoms with Crippen molar-refractivity contribution in [2.45, 2.75) is 12.5 Å². The average molecular weight is 244 g/mol. The molecule has 3 nitrogen and oxygen atoms in total. The van der Waals surface area contributed by atoms with Crippen LogP contribution in [0.15, 0.2) is 0 Å². The molecule has 0 radical (unpaired) electrons. The van der Waals surface area contributed by atoms with E-state index in [1.165, 1.54) is 7.11 Å².